The molecule has 0 radical (unpaired) electrons. The van der Waals surface area contributed by atoms with Gasteiger partial charge in [-0.3, -0.25) is 0 Å². The minimum atomic E-state index is 1.14. The van der Waals surface area contributed by atoms with Crippen LogP contribution in [0.5, 0.6) is 0 Å². The van der Waals surface area contributed by atoms with Crippen LogP contribution in [-0.2, 0) is 5.09 Å². The normalized spacial score (nSPS) is 7.60. The van der Waals surface area contributed by atoms with Crippen molar-refractivity contribution in [2.24, 2.45) is 0 Å². The zero-order valence-corrected chi connectivity index (χ0v) is 6.25. The Morgan fingerprint density at radius 2 is 1.60 bits per heavy atom. The first-order valence-electron chi connectivity index (χ1n) is 3.30. The van der Waals surface area contributed by atoms with Gasteiger partial charge in [0.25, 0.3) is 0 Å². The molecule has 0 atom stereocenters. The molecule has 0 heterocycles. The monoisotopic (exact) mass is 124 g/mol. The Kier molecular flexibility index (Phi) is 6.09. The molecule has 0 nitrogen and oxygen atoms in total. The first kappa shape index (κ1) is 9.38. The molecule has 1 aromatic carbocycles. The van der Waals surface area contributed by atoms with Crippen LogP contribution in [0.25, 0.3) is 0 Å². The Morgan fingerprint density at radius 3 is 1.90 bits per heavy atom. The molecule has 46 valence electrons. The number of hydrogen-bond acceptors (Lipinski definition) is 0. The van der Waals surface area contributed by atoms with Crippen molar-refractivity contribution >= 4 is 17.7 Å². The summed E-state index contributed by atoms with van der Waals surface area (Å²) in [5, 5.41) is 1.14. The summed E-state index contributed by atoms with van der Waals surface area (Å²) < 4.78 is 0. The van der Waals surface area contributed by atoms with Gasteiger partial charge < -0.3 is 0 Å². The van der Waals surface area contributed by atoms with Crippen LogP contribution in [0, 0.1) is 12.8 Å². The molecule has 0 unspecified atom stereocenters. The Morgan fingerprint density at radius 1 is 1.10 bits per heavy atom. The van der Waals surface area contributed by atoms with E-state index in [4.69, 9.17) is 0 Å². The maximum absolute atomic E-state index is 4.00. The summed E-state index contributed by atoms with van der Waals surface area (Å²) in [6, 6.07) is 10.5. The van der Waals surface area contributed by atoms with E-state index in [1.54, 1.807) is 0 Å². The third kappa shape index (κ3) is 3.41. The van der Waals surface area contributed by atoms with E-state index in [1.165, 1.54) is 5.56 Å². The number of benzene rings is 1. The molecule has 0 bridgehead atoms. The molecular formula is C9H9Li. The standard InChI is InChI=1S/C7H7.C2H2.Li/c1-7-5-3-2-4-6-7;1-2;/h2-6H,1H2;1-2H;. The topological polar surface area (TPSA) is 0 Å². The van der Waals surface area contributed by atoms with Gasteiger partial charge in [-0.1, -0.05) is 0 Å². The Balaban J connectivity index is 0.000000371. The van der Waals surface area contributed by atoms with Crippen LogP contribution in [0.1, 0.15) is 5.56 Å². The zero-order chi connectivity index (χ0) is 7.82. The van der Waals surface area contributed by atoms with Gasteiger partial charge in [-0.15, -0.1) is 12.8 Å². The van der Waals surface area contributed by atoms with Crippen LogP contribution in [0.2, 0.25) is 0 Å². The van der Waals surface area contributed by atoms with Crippen molar-refractivity contribution in [3.63, 3.8) is 0 Å². The molecule has 0 aliphatic carbocycles. The molecule has 0 saturated heterocycles. The second-order valence-electron chi connectivity index (χ2n) is 1.84. The quantitative estimate of drug-likeness (QED) is 0.394. The summed E-state index contributed by atoms with van der Waals surface area (Å²) in [6.07, 6.45) is 8.00. The van der Waals surface area contributed by atoms with Gasteiger partial charge in [0.2, 0.25) is 0 Å². The third-order valence-corrected chi connectivity index (χ3v) is 1.25. The Hall–Kier alpha value is -0.623. The summed E-state index contributed by atoms with van der Waals surface area (Å²) in [7, 11) is 0. The van der Waals surface area contributed by atoms with Gasteiger partial charge in [-0.25, -0.2) is 0 Å². The summed E-state index contributed by atoms with van der Waals surface area (Å²) in [6.45, 7) is 0. The van der Waals surface area contributed by atoms with E-state index >= 15 is 0 Å². The molecule has 0 aromatic heterocycles. The van der Waals surface area contributed by atoms with Gasteiger partial charge in [0, 0.05) is 0 Å². The molecule has 1 rings (SSSR count). The number of terminal acetylenes is 1. The van der Waals surface area contributed by atoms with Crippen molar-refractivity contribution in [3.8, 4) is 12.8 Å². The molecule has 10 heavy (non-hydrogen) atoms. The summed E-state index contributed by atoms with van der Waals surface area (Å²) in [5.74, 6) is 0. The Labute approximate surface area is 71.9 Å². The van der Waals surface area contributed by atoms with E-state index in [2.05, 4.69) is 54.8 Å². The van der Waals surface area contributed by atoms with Gasteiger partial charge >= 0.3 is 58.7 Å². The fraction of sp³-hybridized carbons (Fsp3) is 0.111. The van der Waals surface area contributed by atoms with Crippen molar-refractivity contribution < 1.29 is 0 Å². The van der Waals surface area contributed by atoms with Gasteiger partial charge in [0.15, 0.2) is 0 Å². The SMILES string of the molecule is C#C.[Li][CH2]c1ccccc1. The van der Waals surface area contributed by atoms with Gasteiger partial charge in [-0.05, 0) is 0 Å². The summed E-state index contributed by atoms with van der Waals surface area (Å²) in [5.41, 5.74) is 1.41. The average molecular weight is 124 g/mol. The Bertz CT molecular complexity index is 176. The second-order valence-corrected chi connectivity index (χ2v) is 1.84. The van der Waals surface area contributed by atoms with E-state index in [0.717, 1.165) is 5.09 Å². The minimum absolute atomic E-state index is 1.14. The van der Waals surface area contributed by atoms with Gasteiger partial charge in [0.1, 0.15) is 0 Å². The van der Waals surface area contributed by atoms with Crippen LogP contribution in [0.4, 0.5) is 0 Å². The van der Waals surface area contributed by atoms with Crippen molar-refractivity contribution in [1.82, 2.24) is 0 Å². The van der Waals surface area contributed by atoms with Crippen molar-refractivity contribution in [3.05, 3.63) is 35.9 Å². The van der Waals surface area contributed by atoms with Gasteiger partial charge in [0.05, 0.1) is 0 Å². The van der Waals surface area contributed by atoms with Crippen LogP contribution in [0.3, 0.4) is 0 Å². The van der Waals surface area contributed by atoms with E-state index in [-0.39, 0.29) is 0 Å². The molecule has 0 amide bonds. The molecule has 0 aliphatic rings. The average Bonchev–Trinajstić information content (AvgIpc) is 2.10. The molecule has 0 saturated carbocycles. The maximum atomic E-state index is 4.00. The molecule has 0 spiro atoms. The van der Waals surface area contributed by atoms with E-state index < -0.39 is 0 Å². The summed E-state index contributed by atoms with van der Waals surface area (Å²) >= 11 is 2.16. The van der Waals surface area contributed by atoms with Gasteiger partial charge in [-0.2, -0.15) is 0 Å². The van der Waals surface area contributed by atoms with Crippen LogP contribution < -0.4 is 0 Å². The predicted molar refractivity (Wildman–Crippen MR) is 45.8 cm³/mol. The first-order valence-corrected chi connectivity index (χ1v) is 3.30. The molecule has 1 aromatic rings. The van der Waals surface area contributed by atoms with Crippen molar-refractivity contribution in [1.29, 1.82) is 0 Å². The van der Waals surface area contributed by atoms with Crippen molar-refractivity contribution in [2.75, 3.05) is 0 Å². The molecule has 1 heteroatoms. The van der Waals surface area contributed by atoms with E-state index in [0.29, 0.717) is 0 Å². The first-order chi connectivity index (χ1) is 4.93. The fourth-order valence-corrected chi connectivity index (χ4v) is 0.714. The molecular weight excluding hydrogens is 115 g/mol. The predicted octanol–water partition coefficient (Wildman–Crippen LogP) is 1.60. The van der Waals surface area contributed by atoms with Crippen LogP contribution in [0.15, 0.2) is 30.3 Å². The number of rotatable bonds is 1. The summed E-state index contributed by atoms with van der Waals surface area (Å²) in [4.78, 5) is 0. The third-order valence-electron chi connectivity index (χ3n) is 1.25. The number of hydrogen-bond donors (Lipinski definition) is 0. The van der Waals surface area contributed by atoms with Crippen molar-refractivity contribution in [2.45, 2.75) is 5.09 Å². The molecule has 0 fully saturated rings. The zero-order valence-electron chi connectivity index (χ0n) is 6.25. The fourth-order valence-electron chi connectivity index (χ4n) is 0.714. The van der Waals surface area contributed by atoms with Crippen LogP contribution in [-0.4, -0.2) is 17.7 Å². The molecule has 0 N–H and O–H groups in total. The van der Waals surface area contributed by atoms with Crippen LogP contribution >= 0.6 is 0 Å². The molecule has 0 aliphatic heterocycles. The van der Waals surface area contributed by atoms with E-state index in [9.17, 15) is 0 Å². The second kappa shape index (κ2) is 6.50. The van der Waals surface area contributed by atoms with E-state index in [1.807, 2.05) is 6.07 Å².